The Morgan fingerprint density at radius 2 is 2.20 bits per heavy atom. The molecule has 1 rings (SSSR count). The van der Waals surface area contributed by atoms with Gasteiger partial charge in [-0.05, 0) is 13.0 Å². The number of carbonyl (C=O) groups is 1. The number of esters is 1. The topological polar surface area (TPSA) is 26.3 Å². The predicted molar refractivity (Wildman–Crippen MR) is 51.6 cm³/mol. The number of ether oxygens (including phenoxy) is 1. The Balaban J connectivity index is 2.91. The van der Waals surface area contributed by atoms with Crippen LogP contribution in [0.3, 0.4) is 0 Å². The van der Waals surface area contributed by atoms with E-state index in [4.69, 9.17) is 11.6 Å². The van der Waals surface area contributed by atoms with Crippen LogP contribution >= 0.6 is 11.6 Å². The average molecular weight is 235 g/mol. The zero-order valence-electron chi connectivity index (χ0n) is 7.97. The van der Waals surface area contributed by atoms with Crippen LogP contribution in [0.5, 0.6) is 0 Å². The van der Waals surface area contributed by atoms with Crippen molar-refractivity contribution in [2.45, 2.75) is 12.3 Å². The Labute approximate surface area is 90.8 Å². The monoisotopic (exact) mass is 234 g/mol. The van der Waals surface area contributed by atoms with Crippen LogP contribution in [0, 0.1) is 11.6 Å². The molecule has 1 aromatic rings. The van der Waals surface area contributed by atoms with Crippen molar-refractivity contribution in [1.29, 1.82) is 0 Å². The molecule has 15 heavy (non-hydrogen) atoms. The second-order valence-corrected chi connectivity index (χ2v) is 3.22. The van der Waals surface area contributed by atoms with Gasteiger partial charge in [0.05, 0.1) is 6.61 Å². The summed E-state index contributed by atoms with van der Waals surface area (Å²) < 4.78 is 30.3. The summed E-state index contributed by atoms with van der Waals surface area (Å²) in [6, 6.07) is 2.83. The van der Waals surface area contributed by atoms with Gasteiger partial charge in [0.1, 0.15) is 11.6 Å². The van der Waals surface area contributed by atoms with Crippen molar-refractivity contribution in [2.24, 2.45) is 0 Å². The molecule has 2 nitrogen and oxygen atoms in total. The van der Waals surface area contributed by atoms with E-state index in [9.17, 15) is 13.6 Å². The maximum atomic E-state index is 13.2. The Kier molecular flexibility index (Phi) is 4.03. The minimum Gasteiger partial charge on any atom is -0.465 e. The van der Waals surface area contributed by atoms with Crippen LogP contribution < -0.4 is 0 Å². The molecule has 0 N–H and O–H groups in total. The van der Waals surface area contributed by atoms with E-state index < -0.39 is 23.0 Å². The van der Waals surface area contributed by atoms with E-state index >= 15 is 0 Å². The lowest BCUT2D eigenvalue weighted by Gasteiger charge is -2.09. The van der Waals surface area contributed by atoms with E-state index in [1.165, 1.54) is 0 Å². The van der Waals surface area contributed by atoms with Gasteiger partial charge in [-0.25, -0.2) is 8.78 Å². The molecule has 0 heterocycles. The first-order chi connectivity index (χ1) is 7.06. The number of halogens is 3. The van der Waals surface area contributed by atoms with Crippen LogP contribution in [-0.2, 0) is 9.53 Å². The SMILES string of the molecule is CCOC(=O)C(Cl)c1ccc(F)cc1F. The highest BCUT2D eigenvalue weighted by atomic mass is 35.5. The van der Waals surface area contributed by atoms with Crippen molar-refractivity contribution in [1.82, 2.24) is 0 Å². The summed E-state index contributed by atoms with van der Waals surface area (Å²) >= 11 is 5.66. The molecular formula is C10H9ClF2O2. The molecule has 82 valence electrons. The molecule has 0 aliphatic heterocycles. The Bertz CT molecular complexity index is 368. The molecule has 0 aliphatic carbocycles. The van der Waals surface area contributed by atoms with Gasteiger partial charge in [0.15, 0.2) is 5.38 Å². The second kappa shape index (κ2) is 5.07. The third-order valence-corrected chi connectivity index (χ3v) is 2.14. The third kappa shape index (κ3) is 2.89. The first-order valence-corrected chi connectivity index (χ1v) is 4.75. The van der Waals surface area contributed by atoms with E-state index in [0.717, 1.165) is 12.1 Å². The highest BCUT2D eigenvalue weighted by Crippen LogP contribution is 2.25. The van der Waals surface area contributed by atoms with E-state index in [-0.39, 0.29) is 12.2 Å². The van der Waals surface area contributed by atoms with Crippen molar-refractivity contribution in [2.75, 3.05) is 6.61 Å². The quantitative estimate of drug-likeness (QED) is 0.594. The van der Waals surface area contributed by atoms with E-state index in [1.54, 1.807) is 6.92 Å². The summed E-state index contributed by atoms with van der Waals surface area (Å²) in [6.45, 7) is 1.77. The fourth-order valence-corrected chi connectivity index (χ4v) is 1.29. The standard InChI is InChI=1S/C10H9ClF2O2/c1-2-15-10(14)9(11)7-4-3-6(12)5-8(7)13/h3-5,9H,2H2,1H3. The van der Waals surface area contributed by atoms with Crippen LogP contribution in [-0.4, -0.2) is 12.6 Å². The number of hydrogen-bond donors (Lipinski definition) is 0. The lowest BCUT2D eigenvalue weighted by molar-refractivity contribution is -0.142. The van der Waals surface area contributed by atoms with E-state index in [0.29, 0.717) is 6.07 Å². The van der Waals surface area contributed by atoms with Gasteiger partial charge in [0.25, 0.3) is 0 Å². The van der Waals surface area contributed by atoms with Crippen molar-refractivity contribution in [3.8, 4) is 0 Å². The first kappa shape index (κ1) is 11.9. The Hall–Kier alpha value is -1.16. The lowest BCUT2D eigenvalue weighted by atomic mass is 10.1. The molecule has 0 aromatic heterocycles. The van der Waals surface area contributed by atoms with Gasteiger partial charge in [-0.2, -0.15) is 0 Å². The van der Waals surface area contributed by atoms with Gasteiger partial charge in [-0.3, -0.25) is 4.79 Å². The fourth-order valence-electron chi connectivity index (χ4n) is 1.05. The smallest absolute Gasteiger partial charge is 0.328 e. The van der Waals surface area contributed by atoms with Gasteiger partial charge in [-0.1, -0.05) is 6.07 Å². The van der Waals surface area contributed by atoms with Crippen molar-refractivity contribution < 1.29 is 18.3 Å². The molecule has 1 unspecified atom stereocenters. The fraction of sp³-hybridized carbons (Fsp3) is 0.300. The normalized spacial score (nSPS) is 12.3. The Morgan fingerprint density at radius 3 is 2.73 bits per heavy atom. The molecule has 1 atom stereocenters. The zero-order chi connectivity index (χ0) is 11.4. The molecule has 0 saturated carbocycles. The lowest BCUT2D eigenvalue weighted by Crippen LogP contribution is -2.12. The number of alkyl halides is 1. The predicted octanol–water partition coefficient (Wildman–Crippen LogP) is 2.81. The van der Waals surface area contributed by atoms with E-state index in [2.05, 4.69) is 4.74 Å². The summed E-state index contributed by atoms with van der Waals surface area (Å²) in [4.78, 5) is 11.2. The van der Waals surface area contributed by atoms with Crippen molar-refractivity contribution in [3.05, 3.63) is 35.4 Å². The Morgan fingerprint density at radius 1 is 1.53 bits per heavy atom. The minimum atomic E-state index is -1.24. The molecule has 5 heteroatoms. The van der Waals surface area contributed by atoms with Gasteiger partial charge < -0.3 is 4.74 Å². The molecule has 0 amide bonds. The zero-order valence-corrected chi connectivity index (χ0v) is 8.72. The first-order valence-electron chi connectivity index (χ1n) is 4.32. The molecule has 0 aliphatic rings. The molecule has 1 aromatic carbocycles. The van der Waals surface area contributed by atoms with Crippen LogP contribution in [0.4, 0.5) is 8.78 Å². The molecular weight excluding hydrogens is 226 g/mol. The third-order valence-electron chi connectivity index (χ3n) is 1.73. The highest BCUT2D eigenvalue weighted by Gasteiger charge is 2.22. The number of rotatable bonds is 3. The maximum Gasteiger partial charge on any atom is 0.328 e. The summed E-state index contributed by atoms with van der Waals surface area (Å²) in [7, 11) is 0. The van der Waals surface area contributed by atoms with Crippen LogP contribution in [0.1, 0.15) is 17.9 Å². The molecule has 0 radical (unpaired) electrons. The summed E-state index contributed by atoms with van der Waals surface area (Å²) in [6.07, 6.45) is 0. The second-order valence-electron chi connectivity index (χ2n) is 2.78. The van der Waals surface area contributed by atoms with Crippen molar-refractivity contribution >= 4 is 17.6 Å². The van der Waals surface area contributed by atoms with E-state index in [1.807, 2.05) is 0 Å². The van der Waals surface area contributed by atoms with Crippen molar-refractivity contribution in [3.63, 3.8) is 0 Å². The van der Waals surface area contributed by atoms with Crippen LogP contribution in [0.15, 0.2) is 18.2 Å². The van der Waals surface area contributed by atoms with Gasteiger partial charge in [-0.15, -0.1) is 11.6 Å². The van der Waals surface area contributed by atoms with Gasteiger partial charge >= 0.3 is 5.97 Å². The van der Waals surface area contributed by atoms with Gasteiger partial charge in [0.2, 0.25) is 0 Å². The average Bonchev–Trinajstić information content (AvgIpc) is 2.17. The summed E-state index contributed by atoms with van der Waals surface area (Å²) in [5, 5.41) is -1.24. The molecule has 0 spiro atoms. The highest BCUT2D eigenvalue weighted by molar-refractivity contribution is 6.29. The van der Waals surface area contributed by atoms with Gasteiger partial charge in [0, 0.05) is 11.6 Å². The number of benzene rings is 1. The van der Waals surface area contributed by atoms with Crippen LogP contribution in [0.25, 0.3) is 0 Å². The maximum absolute atomic E-state index is 13.2. The summed E-state index contributed by atoms with van der Waals surface area (Å²) in [5.74, 6) is -2.32. The summed E-state index contributed by atoms with van der Waals surface area (Å²) in [5.41, 5.74) is -0.0866. The van der Waals surface area contributed by atoms with Crippen LogP contribution in [0.2, 0.25) is 0 Å². The largest absolute Gasteiger partial charge is 0.465 e. The molecule has 0 saturated heterocycles. The number of carbonyl (C=O) groups excluding carboxylic acids is 1. The minimum absolute atomic E-state index is 0.0866. The molecule has 0 fully saturated rings. The number of hydrogen-bond acceptors (Lipinski definition) is 2. The molecule has 0 bridgehead atoms.